The molecule has 0 radical (unpaired) electrons. The smallest absolute Gasteiger partial charge is 0.201 e. The lowest BCUT2D eigenvalue weighted by Crippen LogP contribution is -2.44. The molecule has 0 fully saturated rings. The third-order valence-electron chi connectivity index (χ3n) is 4.47. The summed E-state index contributed by atoms with van der Waals surface area (Å²) < 4.78 is 2.27. The number of nitrogens with zero attached hydrogens (tertiary/aromatic N) is 1. The molecule has 1 heterocycles. The van der Waals surface area contributed by atoms with Crippen LogP contribution >= 0.6 is 0 Å². The molecule has 0 saturated heterocycles. The molecule has 0 aliphatic rings. The lowest BCUT2D eigenvalue weighted by Gasteiger charge is -2.19. The monoisotopic (exact) mass is 312 g/mol. The Hall–Kier alpha value is -1.41. The summed E-state index contributed by atoms with van der Waals surface area (Å²) >= 11 is 0. The molecule has 0 unspecified atom stereocenters. The molecule has 0 saturated carbocycles. The highest BCUT2D eigenvalue weighted by Crippen LogP contribution is 2.25. The van der Waals surface area contributed by atoms with Gasteiger partial charge >= 0.3 is 0 Å². The van der Waals surface area contributed by atoms with Gasteiger partial charge in [-0.2, -0.15) is 0 Å². The molecule has 1 nitrogen and oxygen atoms in total. The van der Waals surface area contributed by atoms with Gasteiger partial charge in [0.25, 0.3) is 0 Å². The second kappa shape index (κ2) is 6.00. The molecule has 0 bridgehead atoms. The fourth-order valence-corrected chi connectivity index (χ4v) is 5.01. The SMILES string of the molecule is Cc1cc(C(C)C)ccc1-c1cc([Si](C)(C)C)c(C)c[n+]1C. The second-order valence-corrected chi connectivity index (χ2v) is 12.9. The highest BCUT2D eigenvalue weighted by atomic mass is 28.3. The van der Waals surface area contributed by atoms with Crippen LogP contribution in [-0.2, 0) is 7.05 Å². The van der Waals surface area contributed by atoms with E-state index < -0.39 is 8.07 Å². The summed E-state index contributed by atoms with van der Waals surface area (Å²) in [5.74, 6) is 0.581. The molecule has 2 heteroatoms. The fourth-order valence-electron chi connectivity index (χ4n) is 3.19. The summed E-state index contributed by atoms with van der Waals surface area (Å²) in [5.41, 5.74) is 6.89. The van der Waals surface area contributed by atoms with Crippen molar-refractivity contribution in [2.45, 2.75) is 53.3 Å². The van der Waals surface area contributed by atoms with Gasteiger partial charge in [0.15, 0.2) is 6.20 Å². The summed E-state index contributed by atoms with van der Waals surface area (Å²) in [6.45, 7) is 16.3. The van der Waals surface area contributed by atoms with Crippen molar-refractivity contribution >= 4 is 13.3 Å². The molecule has 1 aromatic carbocycles. The predicted molar refractivity (Wildman–Crippen MR) is 99.6 cm³/mol. The van der Waals surface area contributed by atoms with Gasteiger partial charge in [0.05, 0.1) is 8.07 Å². The van der Waals surface area contributed by atoms with Crippen LogP contribution in [0.1, 0.15) is 36.5 Å². The van der Waals surface area contributed by atoms with Gasteiger partial charge in [0, 0.05) is 17.2 Å². The molecule has 0 amide bonds. The number of benzene rings is 1. The first kappa shape index (κ1) is 16.9. The highest BCUT2D eigenvalue weighted by Gasteiger charge is 2.24. The highest BCUT2D eigenvalue weighted by molar-refractivity contribution is 6.89. The van der Waals surface area contributed by atoms with Crippen LogP contribution in [0.25, 0.3) is 11.3 Å². The standard InChI is InChI=1S/C20H30NSi/c1-14(2)17-9-10-18(15(3)11-17)19-12-20(22(6,7)8)16(4)13-21(19)5/h9-14H,1-8H3/q+1. The largest absolute Gasteiger partial charge is 0.212 e. The molecule has 118 valence electrons. The van der Waals surface area contributed by atoms with Crippen LogP contribution in [0.15, 0.2) is 30.5 Å². The molecule has 0 aliphatic heterocycles. The normalized spacial score (nSPS) is 12.0. The Bertz CT molecular complexity index is 694. The second-order valence-electron chi connectivity index (χ2n) is 7.85. The van der Waals surface area contributed by atoms with Gasteiger partial charge in [-0.15, -0.1) is 0 Å². The predicted octanol–water partition coefficient (Wildman–Crippen LogP) is 4.46. The van der Waals surface area contributed by atoms with E-state index in [1.807, 2.05) is 0 Å². The van der Waals surface area contributed by atoms with Crippen molar-refractivity contribution in [1.29, 1.82) is 0 Å². The third kappa shape index (κ3) is 3.32. The first-order valence-corrected chi connectivity index (χ1v) is 11.7. The van der Waals surface area contributed by atoms with E-state index in [0.717, 1.165) is 0 Å². The molecule has 0 spiro atoms. The Morgan fingerprint density at radius 3 is 2.09 bits per heavy atom. The Labute approximate surface area is 137 Å². The van der Waals surface area contributed by atoms with E-state index in [-0.39, 0.29) is 0 Å². The van der Waals surface area contributed by atoms with Crippen LogP contribution in [-0.4, -0.2) is 8.07 Å². The lowest BCUT2D eigenvalue weighted by atomic mass is 9.96. The van der Waals surface area contributed by atoms with Crippen molar-refractivity contribution in [2.75, 3.05) is 0 Å². The van der Waals surface area contributed by atoms with Crippen LogP contribution in [0, 0.1) is 13.8 Å². The van der Waals surface area contributed by atoms with Gasteiger partial charge in [0.2, 0.25) is 5.69 Å². The zero-order valence-corrected chi connectivity index (χ0v) is 16.4. The topological polar surface area (TPSA) is 3.88 Å². The van der Waals surface area contributed by atoms with Gasteiger partial charge in [-0.1, -0.05) is 45.6 Å². The van der Waals surface area contributed by atoms with Crippen molar-refractivity contribution in [1.82, 2.24) is 0 Å². The van der Waals surface area contributed by atoms with Crippen LogP contribution in [0.5, 0.6) is 0 Å². The zero-order valence-electron chi connectivity index (χ0n) is 15.4. The van der Waals surface area contributed by atoms with Gasteiger partial charge in [-0.25, -0.2) is 4.57 Å². The average Bonchev–Trinajstić information content (AvgIpc) is 2.37. The number of hydrogen-bond acceptors (Lipinski definition) is 0. The summed E-state index contributed by atoms with van der Waals surface area (Å²) in [4.78, 5) is 0. The summed E-state index contributed by atoms with van der Waals surface area (Å²) in [6, 6.07) is 9.34. The number of aryl methyl sites for hydroxylation is 3. The van der Waals surface area contributed by atoms with Gasteiger partial charge in [0.1, 0.15) is 7.05 Å². The average molecular weight is 313 g/mol. The van der Waals surface area contributed by atoms with Crippen molar-refractivity contribution < 1.29 is 4.57 Å². The molecule has 1 aromatic heterocycles. The van der Waals surface area contributed by atoms with Crippen LogP contribution in [0.4, 0.5) is 0 Å². The summed E-state index contributed by atoms with van der Waals surface area (Å²) in [7, 11) is 0.834. The molecule has 2 aromatic rings. The molecule has 0 atom stereocenters. The van der Waals surface area contributed by atoms with E-state index in [0.29, 0.717) is 5.92 Å². The van der Waals surface area contributed by atoms with Crippen LogP contribution in [0.2, 0.25) is 19.6 Å². The number of aromatic nitrogens is 1. The van der Waals surface area contributed by atoms with E-state index in [1.165, 1.54) is 27.9 Å². The van der Waals surface area contributed by atoms with Crippen LogP contribution < -0.4 is 9.75 Å². The van der Waals surface area contributed by atoms with Crippen molar-refractivity contribution in [2.24, 2.45) is 7.05 Å². The third-order valence-corrected chi connectivity index (χ3v) is 6.63. The van der Waals surface area contributed by atoms with E-state index >= 15 is 0 Å². The first-order valence-electron chi connectivity index (χ1n) is 8.23. The molecule has 0 N–H and O–H groups in total. The summed E-state index contributed by atoms with van der Waals surface area (Å²) in [6.07, 6.45) is 2.29. The van der Waals surface area contributed by atoms with Gasteiger partial charge in [-0.3, -0.25) is 0 Å². The maximum absolute atomic E-state index is 2.43. The Kier molecular flexibility index (Phi) is 4.62. The summed E-state index contributed by atoms with van der Waals surface area (Å²) in [5, 5.41) is 1.56. The van der Waals surface area contributed by atoms with Crippen molar-refractivity contribution in [3.63, 3.8) is 0 Å². The molecular formula is C20H30NSi+. The quantitative estimate of drug-likeness (QED) is 0.582. The first-order chi connectivity index (χ1) is 10.1. The maximum atomic E-state index is 2.43. The van der Waals surface area contributed by atoms with E-state index in [1.54, 1.807) is 5.19 Å². The van der Waals surface area contributed by atoms with Gasteiger partial charge in [-0.05, 0) is 42.1 Å². The van der Waals surface area contributed by atoms with Crippen molar-refractivity contribution in [3.8, 4) is 11.3 Å². The molecule has 0 aliphatic carbocycles. The van der Waals surface area contributed by atoms with Gasteiger partial charge < -0.3 is 0 Å². The molecular weight excluding hydrogens is 282 g/mol. The number of pyridine rings is 1. The number of hydrogen-bond donors (Lipinski definition) is 0. The van der Waals surface area contributed by atoms with E-state index in [4.69, 9.17) is 0 Å². The minimum absolute atomic E-state index is 0.581. The minimum atomic E-state index is -1.32. The van der Waals surface area contributed by atoms with E-state index in [9.17, 15) is 0 Å². The lowest BCUT2D eigenvalue weighted by molar-refractivity contribution is -0.660. The maximum Gasteiger partial charge on any atom is 0.212 e. The zero-order chi connectivity index (χ0) is 16.7. The molecule has 22 heavy (non-hydrogen) atoms. The Morgan fingerprint density at radius 1 is 0.955 bits per heavy atom. The minimum Gasteiger partial charge on any atom is -0.201 e. The Morgan fingerprint density at radius 2 is 1.59 bits per heavy atom. The molecule has 2 rings (SSSR count). The van der Waals surface area contributed by atoms with Crippen molar-refractivity contribution in [3.05, 3.63) is 47.2 Å². The number of rotatable bonds is 3. The Balaban J connectivity index is 2.63. The van der Waals surface area contributed by atoms with E-state index in [2.05, 4.69) is 89.4 Å². The van der Waals surface area contributed by atoms with Crippen LogP contribution in [0.3, 0.4) is 0 Å². The fraction of sp³-hybridized carbons (Fsp3) is 0.450.